The quantitative estimate of drug-likeness (QED) is 0.0881. The van der Waals surface area contributed by atoms with Crippen LogP contribution in [0.4, 0.5) is 16.2 Å². The van der Waals surface area contributed by atoms with Gasteiger partial charge >= 0.3 is 12.0 Å². The van der Waals surface area contributed by atoms with Crippen LogP contribution in [0.5, 0.6) is 0 Å². The molecule has 6 rings (SSSR count). The number of rotatable bonds is 13. The molecule has 0 bridgehead atoms. The van der Waals surface area contributed by atoms with Crippen molar-refractivity contribution in [3.05, 3.63) is 129 Å². The molecule has 13 nitrogen and oxygen atoms in total. The molecule has 0 aromatic heterocycles. The lowest BCUT2D eigenvalue weighted by atomic mass is 9.89. The molecule has 0 unspecified atom stereocenters. The number of esters is 1. The molecule has 2 saturated heterocycles. The number of carbonyl (C=O) groups is 2. The minimum atomic E-state index is -0.621. The van der Waals surface area contributed by atoms with Gasteiger partial charge in [-0.05, 0) is 46.9 Å². The van der Waals surface area contributed by atoms with Crippen LogP contribution < -0.4 is 15.5 Å². The molecule has 4 atom stereocenters. The van der Waals surface area contributed by atoms with E-state index in [2.05, 4.69) is 27.4 Å². The van der Waals surface area contributed by atoms with Gasteiger partial charge < -0.3 is 34.9 Å². The molecular formula is C41H47N5O8. The van der Waals surface area contributed by atoms with Crippen molar-refractivity contribution < 1.29 is 33.8 Å². The average Bonchev–Trinajstić information content (AvgIpc) is 3.20. The Morgan fingerprint density at radius 2 is 1.57 bits per heavy atom. The Bertz CT molecular complexity index is 1860. The Balaban J connectivity index is 1.14. The van der Waals surface area contributed by atoms with E-state index >= 15 is 0 Å². The summed E-state index contributed by atoms with van der Waals surface area (Å²) >= 11 is 0. The number of aliphatic hydroxyl groups excluding tert-OH is 1. The molecule has 4 aromatic rings. The summed E-state index contributed by atoms with van der Waals surface area (Å²) in [5, 5.41) is 26.1. The highest BCUT2D eigenvalue weighted by atomic mass is 16.7. The van der Waals surface area contributed by atoms with Gasteiger partial charge in [-0.15, -0.1) is 0 Å². The Kier molecular flexibility index (Phi) is 12.9. The number of carbonyl (C=O) groups excluding carboxylic acids is 2. The Labute approximate surface area is 315 Å². The topological polar surface area (TPSA) is 156 Å². The number of benzene rings is 4. The average molecular weight is 738 g/mol. The van der Waals surface area contributed by atoms with Crippen LogP contribution in [0.15, 0.2) is 97.1 Å². The van der Waals surface area contributed by atoms with E-state index < -0.39 is 18.3 Å². The molecular weight excluding hydrogens is 690 g/mol. The van der Waals surface area contributed by atoms with Gasteiger partial charge in [-0.2, -0.15) is 0 Å². The van der Waals surface area contributed by atoms with Gasteiger partial charge in [0.2, 0.25) is 0 Å². The monoisotopic (exact) mass is 737 g/mol. The van der Waals surface area contributed by atoms with Crippen molar-refractivity contribution >= 4 is 23.4 Å². The number of urea groups is 1. The second-order valence-electron chi connectivity index (χ2n) is 13.5. The number of ether oxygens (including phenoxy) is 3. The fourth-order valence-electron chi connectivity index (χ4n) is 6.93. The SMILES string of the molecule is CCOC(=O)CNC(=O)NCc1ccccc1-c1ccc([C@H]2O[C@@H](CN3CCN(c4ccc([N+](=O)[O-])cc4)CC3)[C@@H](C)[C@@H](c3ccc(CO)cc3)O2)cc1. The zero-order valence-corrected chi connectivity index (χ0v) is 30.6. The largest absolute Gasteiger partial charge is 0.465 e. The molecule has 0 spiro atoms. The molecule has 2 heterocycles. The molecule has 54 heavy (non-hydrogen) atoms. The van der Waals surface area contributed by atoms with E-state index in [0.29, 0.717) is 6.54 Å². The number of hydrogen-bond acceptors (Lipinski definition) is 10. The van der Waals surface area contributed by atoms with Gasteiger partial charge in [0.05, 0.1) is 30.3 Å². The van der Waals surface area contributed by atoms with E-state index in [9.17, 15) is 24.8 Å². The molecule has 2 fully saturated rings. The van der Waals surface area contributed by atoms with Crippen LogP contribution in [0.25, 0.3) is 11.1 Å². The van der Waals surface area contributed by atoms with E-state index in [1.165, 1.54) is 0 Å². The first kappa shape index (κ1) is 38.4. The van der Waals surface area contributed by atoms with Crippen molar-refractivity contribution in [2.24, 2.45) is 5.92 Å². The highest BCUT2D eigenvalue weighted by Gasteiger charge is 2.39. The number of anilines is 1. The second-order valence-corrected chi connectivity index (χ2v) is 13.5. The van der Waals surface area contributed by atoms with Crippen molar-refractivity contribution in [1.29, 1.82) is 0 Å². The lowest BCUT2D eigenvalue weighted by Crippen LogP contribution is -2.51. The number of nitrogens with one attached hydrogen (secondary N) is 2. The number of piperazine rings is 1. The smallest absolute Gasteiger partial charge is 0.325 e. The molecule has 2 amide bonds. The minimum Gasteiger partial charge on any atom is -0.465 e. The van der Waals surface area contributed by atoms with Crippen molar-refractivity contribution in [3.63, 3.8) is 0 Å². The summed E-state index contributed by atoms with van der Waals surface area (Å²) in [5.41, 5.74) is 6.63. The predicted octanol–water partition coefficient (Wildman–Crippen LogP) is 5.73. The molecule has 4 aromatic carbocycles. The Morgan fingerprint density at radius 1 is 0.889 bits per heavy atom. The third-order valence-electron chi connectivity index (χ3n) is 10.0. The van der Waals surface area contributed by atoms with E-state index in [1.807, 2.05) is 84.9 Å². The van der Waals surface area contributed by atoms with Crippen LogP contribution >= 0.6 is 0 Å². The molecule has 3 N–H and O–H groups in total. The molecule has 2 aliphatic rings. The van der Waals surface area contributed by atoms with Crippen LogP contribution in [-0.4, -0.2) is 78.9 Å². The number of non-ortho nitro benzene ring substituents is 1. The Morgan fingerprint density at radius 3 is 2.24 bits per heavy atom. The van der Waals surface area contributed by atoms with Crippen molar-refractivity contribution in [2.45, 2.75) is 45.5 Å². The fraction of sp³-hybridized carbons (Fsp3) is 0.366. The van der Waals surface area contributed by atoms with E-state index in [1.54, 1.807) is 19.1 Å². The first-order chi connectivity index (χ1) is 26.2. The van der Waals surface area contributed by atoms with Gasteiger partial charge in [0, 0.05) is 68.6 Å². The summed E-state index contributed by atoms with van der Waals surface area (Å²) in [5.74, 6) is -0.465. The maximum atomic E-state index is 12.3. The third-order valence-corrected chi connectivity index (χ3v) is 10.0. The number of nitro benzene ring substituents is 1. The van der Waals surface area contributed by atoms with Gasteiger partial charge in [0.15, 0.2) is 6.29 Å². The molecule has 13 heteroatoms. The van der Waals surface area contributed by atoms with Gasteiger partial charge in [0.25, 0.3) is 5.69 Å². The first-order valence-corrected chi connectivity index (χ1v) is 18.3. The highest BCUT2D eigenvalue weighted by Crippen LogP contribution is 2.42. The van der Waals surface area contributed by atoms with Gasteiger partial charge in [-0.25, -0.2) is 4.79 Å². The van der Waals surface area contributed by atoms with Crippen molar-refractivity contribution in [3.8, 4) is 11.1 Å². The van der Waals surface area contributed by atoms with Crippen molar-refractivity contribution in [2.75, 3.05) is 50.8 Å². The number of aliphatic hydroxyl groups is 1. The van der Waals surface area contributed by atoms with E-state index in [-0.39, 0.29) is 55.0 Å². The van der Waals surface area contributed by atoms with Crippen LogP contribution in [0.2, 0.25) is 0 Å². The molecule has 2 aliphatic heterocycles. The summed E-state index contributed by atoms with van der Waals surface area (Å²) in [6.07, 6.45) is -1.01. The first-order valence-electron chi connectivity index (χ1n) is 18.3. The fourth-order valence-corrected chi connectivity index (χ4v) is 6.93. The predicted molar refractivity (Wildman–Crippen MR) is 203 cm³/mol. The zero-order valence-electron chi connectivity index (χ0n) is 30.6. The Hall–Kier alpha value is -5.34. The van der Waals surface area contributed by atoms with Crippen LogP contribution in [0.3, 0.4) is 0 Å². The summed E-state index contributed by atoms with van der Waals surface area (Å²) in [4.78, 5) is 39.3. The van der Waals surface area contributed by atoms with Crippen molar-refractivity contribution in [1.82, 2.24) is 15.5 Å². The molecule has 0 aliphatic carbocycles. The van der Waals surface area contributed by atoms with Crippen LogP contribution in [0, 0.1) is 16.0 Å². The van der Waals surface area contributed by atoms with Gasteiger partial charge in [0.1, 0.15) is 6.54 Å². The van der Waals surface area contributed by atoms with E-state index in [0.717, 1.165) is 65.2 Å². The lowest BCUT2D eigenvalue weighted by molar-refractivity contribution is -0.384. The normalized spacial score (nSPS) is 20.2. The number of hydrogen-bond donors (Lipinski definition) is 3. The summed E-state index contributed by atoms with van der Waals surface area (Å²) < 4.78 is 18.3. The maximum absolute atomic E-state index is 12.3. The van der Waals surface area contributed by atoms with Crippen LogP contribution in [0.1, 0.15) is 48.5 Å². The zero-order chi connectivity index (χ0) is 38.0. The summed E-state index contributed by atoms with van der Waals surface area (Å²) in [6.45, 7) is 8.09. The number of nitrogens with zero attached hydrogens (tertiary/aromatic N) is 3. The molecule has 0 radical (unpaired) electrons. The second kappa shape index (κ2) is 18.1. The molecule has 0 saturated carbocycles. The lowest BCUT2D eigenvalue weighted by Gasteiger charge is -2.44. The summed E-state index contributed by atoms with van der Waals surface area (Å²) in [7, 11) is 0. The minimum absolute atomic E-state index is 0.0297. The number of nitro groups is 1. The maximum Gasteiger partial charge on any atom is 0.325 e. The van der Waals surface area contributed by atoms with Crippen LogP contribution in [-0.2, 0) is 32.2 Å². The highest BCUT2D eigenvalue weighted by molar-refractivity contribution is 5.81. The molecule has 284 valence electrons. The number of amides is 2. The standard InChI is InChI=1S/C41H47N5O8/c1-3-52-38(48)25-43-41(49)42-24-33-6-4-5-7-36(33)30-12-14-32(15-13-30)40-53-37(28(2)39(54-40)31-10-8-29(27-47)9-11-31)26-44-20-22-45(23-21-44)34-16-18-35(19-17-34)46(50)51/h4-19,28,37,39-40,47H,3,20-27H2,1-2H3,(H2,42,43,49)/t28-,37+,39+,40+/m1/s1. The third kappa shape index (κ3) is 9.60. The van der Waals surface area contributed by atoms with Gasteiger partial charge in [-0.3, -0.25) is 19.8 Å². The van der Waals surface area contributed by atoms with Gasteiger partial charge in [-0.1, -0.05) is 79.7 Å². The van der Waals surface area contributed by atoms with E-state index in [4.69, 9.17) is 14.2 Å². The summed E-state index contributed by atoms with van der Waals surface area (Å²) in [6, 6.07) is 30.0.